The third kappa shape index (κ3) is 8.23. The molecule has 1 saturated heterocycles. The van der Waals surface area contributed by atoms with Crippen LogP contribution < -0.4 is 15.4 Å². The standard InChI is InChI=1S/C20H34N4O2.HI/c1-5-21-20(22-14-17(4)24-9-11-25-12-10-24)23-15-18-7-8-19(26-6-2)16(3)13-18;/h7-8,13,17H,5-6,9-12,14-15H2,1-4H3,(H2,21,22,23);1H. The van der Waals surface area contributed by atoms with Gasteiger partial charge in [-0.2, -0.15) is 0 Å². The van der Waals surface area contributed by atoms with Gasteiger partial charge in [0.25, 0.3) is 0 Å². The van der Waals surface area contributed by atoms with Gasteiger partial charge in [0, 0.05) is 32.2 Å². The lowest BCUT2D eigenvalue weighted by atomic mass is 10.1. The van der Waals surface area contributed by atoms with E-state index in [1.54, 1.807) is 0 Å². The van der Waals surface area contributed by atoms with Gasteiger partial charge in [0.1, 0.15) is 5.75 Å². The van der Waals surface area contributed by atoms with Crippen molar-refractivity contribution in [1.29, 1.82) is 0 Å². The molecule has 154 valence electrons. The zero-order valence-electron chi connectivity index (χ0n) is 17.1. The molecule has 1 aliphatic heterocycles. The zero-order valence-corrected chi connectivity index (χ0v) is 19.4. The largest absolute Gasteiger partial charge is 0.494 e. The number of benzene rings is 1. The van der Waals surface area contributed by atoms with Gasteiger partial charge in [0.15, 0.2) is 5.96 Å². The number of hydrogen-bond acceptors (Lipinski definition) is 4. The first-order valence-corrected chi connectivity index (χ1v) is 9.70. The van der Waals surface area contributed by atoms with Gasteiger partial charge in [-0.05, 0) is 44.9 Å². The maximum absolute atomic E-state index is 5.60. The van der Waals surface area contributed by atoms with E-state index in [0.717, 1.165) is 56.7 Å². The Hall–Kier alpha value is -1.06. The third-order valence-electron chi connectivity index (χ3n) is 4.54. The fourth-order valence-corrected chi connectivity index (χ4v) is 3.03. The van der Waals surface area contributed by atoms with Gasteiger partial charge < -0.3 is 20.1 Å². The Balaban J connectivity index is 0.00000364. The molecule has 1 aliphatic rings. The Bertz CT molecular complexity index is 577. The van der Waals surface area contributed by atoms with Gasteiger partial charge in [0.2, 0.25) is 0 Å². The van der Waals surface area contributed by atoms with Crippen molar-refractivity contribution >= 4 is 29.9 Å². The van der Waals surface area contributed by atoms with E-state index >= 15 is 0 Å². The molecule has 27 heavy (non-hydrogen) atoms. The van der Waals surface area contributed by atoms with Crippen LogP contribution in [0.15, 0.2) is 23.2 Å². The fraction of sp³-hybridized carbons (Fsp3) is 0.650. The van der Waals surface area contributed by atoms with Gasteiger partial charge in [-0.25, -0.2) is 4.99 Å². The molecule has 0 aromatic heterocycles. The molecule has 1 aromatic carbocycles. The van der Waals surface area contributed by atoms with Crippen LogP contribution in [0, 0.1) is 6.92 Å². The first-order chi connectivity index (χ1) is 12.6. The van der Waals surface area contributed by atoms with E-state index in [2.05, 4.69) is 48.4 Å². The highest BCUT2D eigenvalue weighted by Crippen LogP contribution is 2.19. The molecule has 1 aromatic rings. The summed E-state index contributed by atoms with van der Waals surface area (Å²) in [6.07, 6.45) is 0. The van der Waals surface area contributed by atoms with Gasteiger partial charge in [-0.15, -0.1) is 24.0 Å². The molecule has 1 fully saturated rings. The number of rotatable bonds is 8. The van der Waals surface area contributed by atoms with Crippen molar-refractivity contribution in [2.45, 2.75) is 40.3 Å². The summed E-state index contributed by atoms with van der Waals surface area (Å²) in [6, 6.07) is 6.72. The first kappa shape index (κ1) is 24.0. The van der Waals surface area contributed by atoms with E-state index in [1.165, 1.54) is 5.56 Å². The van der Waals surface area contributed by atoms with E-state index in [9.17, 15) is 0 Å². The number of aryl methyl sites for hydroxylation is 1. The number of guanidine groups is 1. The topological polar surface area (TPSA) is 58.1 Å². The summed E-state index contributed by atoms with van der Waals surface area (Å²) in [7, 11) is 0. The Morgan fingerprint density at radius 1 is 1.26 bits per heavy atom. The van der Waals surface area contributed by atoms with Crippen LogP contribution in [-0.4, -0.2) is 62.9 Å². The third-order valence-corrected chi connectivity index (χ3v) is 4.54. The molecule has 1 unspecified atom stereocenters. The van der Waals surface area contributed by atoms with Gasteiger partial charge in [-0.1, -0.05) is 12.1 Å². The lowest BCUT2D eigenvalue weighted by Crippen LogP contribution is -2.49. The summed E-state index contributed by atoms with van der Waals surface area (Å²) in [5.41, 5.74) is 2.34. The molecule has 0 saturated carbocycles. The Morgan fingerprint density at radius 2 is 2.00 bits per heavy atom. The monoisotopic (exact) mass is 490 g/mol. The molecule has 0 radical (unpaired) electrons. The second kappa shape index (κ2) is 13.2. The summed E-state index contributed by atoms with van der Waals surface area (Å²) in [6.45, 7) is 15.1. The van der Waals surface area contributed by atoms with E-state index < -0.39 is 0 Å². The van der Waals surface area contributed by atoms with Crippen LogP contribution in [0.4, 0.5) is 0 Å². The maximum Gasteiger partial charge on any atom is 0.191 e. The van der Waals surface area contributed by atoms with Crippen LogP contribution in [0.25, 0.3) is 0 Å². The van der Waals surface area contributed by atoms with E-state index in [1.807, 2.05) is 13.0 Å². The number of nitrogens with one attached hydrogen (secondary N) is 2. The number of halogens is 1. The average molecular weight is 490 g/mol. The molecule has 0 bridgehead atoms. The van der Waals surface area contributed by atoms with Crippen molar-refractivity contribution < 1.29 is 9.47 Å². The van der Waals surface area contributed by atoms with Gasteiger partial charge >= 0.3 is 0 Å². The highest BCUT2D eigenvalue weighted by atomic mass is 127. The van der Waals surface area contributed by atoms with Crippen molar-refractivity contribution in [3.63, 3.8) is 0 Å². The molecule has 7 heteroatoms. The van der Waals surface area contributed by atoms with Crippen molar-refractivity contribution in [2.75, 3.05) is 46.0 Å². The molecule has 1 heterocycles. The molecular weight excluding hydrogens is 455 g/mol. The first-order valence-electron chi connectivity index (χ1n) is 9.70. The SMILES string of the molecule is CCNC(=NCc1ccc(OCC)c(C)c1)NCC(C)N1CCOCC1.I. The van der Waals surface area contributed by atoms with Gasteiger partial charge in [0.05, 0.1) is 26.4 Å². The van der Waals surface area contributed by atoms with Crippen LogP contribution in [-0.2, 0) is 11.3 Å². The van der Waals surface area contributed by atoms with Crippen LogP contribution in [0.1, 0.15) is 31.9 Å². The normalized spacial score (nSPS) is 16.4. The molecule has 1 atom stereocenters. The average Bonchev–Trinajstić information content (AvgIpc) is 2.66. The summed E-state index contributed by atoms with van der Waals surface area (Å²) in [5, 5.41) is 6.79. The van der Waals surface area contributed by atoms with E-state index in [-0.39, 0.29) is 24.0 Å². The van der Waals surface area contributed by atoms with Crippen LogP contribution in [0.3, 0.4) is 0 Å². The van der Waals surface area contributed by atoms with Crippen molar-refractivity contribution in [3.8, 4) is 5.75 Å². The predicted octanol–water partition coefficient (Wildman–Crippen LogP) is 2.79. The zero-order chi connectivity index (χ0) is 18.8. The van der Waals surface area contributed by atoms with Crippen molar-refractivity contribution in [2.24, 2.45) is 4.99 Å². The summed E-state index contributed by atoms with van der Waals surface area (Å²) >= 11 is 0. The second-order valence-electron chi connectivity index (χ2n) is 6.61. The Morgan fingerprint density at radius 3 is 2.63 bits per heavy atom. The molecular formula is C20H35IN4O2. The lowest BCUT2D eigenvalue weighted by Gasteiger charge is -2.32. The quantitative estimate of drug-likeness (QED) is 0.334. The number of nitrogens with zero attached hydrogens (tertiary/aromatic N) is 2. The Labute approximate surface area is 181 Å². The lowest BCUT2D eigenvalue weighted by molar-refractivity contribution is 0.0211. The van der Waals surface area contributed by atoms with Crippen molar-refractivity contribution in [3.05, 3.63) is 29.3 Å². The van der Waals surface area contributed by atoms with Crippen LogP contribution >= 0.6 is 24.0 Å². The molecule has 0 amide bonds. The van der Waals surface area contributed by atoms with Gasteiger partial charge in [-0.3, -0.25) is 4.90 Å². The maximum atomic E-state index is 5.60. The number of hydrogen-bond donors (Lipinski definition) is 2. The van der Waals surface area contributed by atoms with Crippen LogP contribution in [0.5, 0.6) is 5.75 Å². The highest BCUT2D eigenvalue weighted by Gasteiger charge is 2.16. The number of ether oxygens (including phenoxy) is 2. The van der Waals surface area contributed by atoms with E-state index in [4.69, 9.17) is 14.5 Å². The predicted molar refractivity (Wildman–Crippen MR) is 122 cm³/mol. The Kier molecular flexibility index (Phi) is 11.7. The minimum atomic E-state index is 0. The second-order valence-corrected chi connectivity index (χ2v) is 6.61. The molecule has 6 nitrogen and oxygen atoms in total. The summed E-state index contributed by atoms with van der Waals surface area (Å²) in [4.78, 5) is 7.18. The fourth-order valence-electron chi connectivity index (χ4n) is 3.03. The molecule has 2 N–H and O–H groups in total. The minimum absolute atomic E-state index is 0. The minimum Gasteiger partial charge on any atom is -0.494 e. The van der Waals surface area contributed by atoms with Crippen molar-refractivity contribution in [1.82, 2.24) is 15.5 Å². The highest BCUT2D eigenvalue weighted by molar-refractivity contribution is 14.0. The summed E-state index contributed by atoms with van der Waals surface area (Å²) in [5.74, 6) is 1.81. The number of morpholine rings is 1. The molecule has 0 aliphatic carbocycles. The molecule has 0 spiro atoms. The molecule has 2 rings (SSSR count). The summed E-state index contributed by atoms with van der Waals surface area (Å²) < 4.78 is 11.0. The smallest absolute Gasteiger partial charge is 0.191 e. The van der Waals surface area contributed by atoms with E-state index in [0.29, 0.717) is 19.2 Å². The van der Waals surface area contributed by atoms with Crippen LogP contribution in [0.2, 0.25) is 0 Å². The number of aliphatic imine (C=N–C) groups is 1.